The zero-order valence-corrected chi connectivity index (χ0v) is 25.3. The maximum absolute atomic E-state index is 12.8. The van der Waals surface area contributed by atoms with E-state index in [4.69, 9.17) is 32.7 Å². The minimum Gasteiger partial charge on any atom is -0.494 e. The van der Waals surface area contributed by atoms with E-state index in [1.807, 2.05) is 39.0 Å². The van der Waals surface area contributed by atoms with Crippen LogP contribution in [0.2, 0.25) is 10.0 Å². The number of pyridine rings is 1. The molecule has 2 aromatic heterocycles. The first kappa shape index (κ1) is 29.5. The number of ether oxygens (including phenoxy) is 2. The fraction of sp³-hybridized carbons (Fsp3) is 0.333. The molecule has 0 radical (unpaired) electrons. The van der Waals surface area contributed by atoms with E-state index in [9.17, 15) is 9.59 Å². The minimum atomic E-state index is -0.534. The van der Waals surface area contributed by atoms with Crippen molar-refractivity contribution >= 4 is 57.4 Å². The molecular formula is C30H32Cl2N6O4. The van der Waals surface area contributed by atoms with Crippen molar-refractivity contribution in [1.82, 2.24) is 19.9 Å². The first-order valence-electron chi connectivity index (χ1n) is 13.5. The number of aromatic amines is 1. The molecule has 3 heterocycles. The third-order valence-electron chi connectivity index (χ3n) is 6.83. The summed E-state index contributed by atoms with van der Waals surface area (Å²) in [4.78, 5) is 40.8. The van der Waals surface area contributed by atoms with E-state index >= 15 is 0 Å². The molecule has 0 aliphatic carbocycles. The Morgan fingerprint density at radius 1 is 1.05 bits per heavy atom. The van der Waals surface area contributed by atoms with Crippen molar-refractivity contribution in [2.75, 3.05) is 43.5 Å². The lowest BCUT2D eigenvalue weighted by atomic mass is 10.1. The summed E-state index contributed by atoms with van der Waals surface area (Å²) < 4.78 is 11.2. The molecule has 1 fully saturated rings. The van der Waals surface area contributed by atoms with Crippen LogP contribution in [0.3, 0.4) is 0 Å². The highest BCUT2D eigenvalue weighted by Gasteiger charge is 2.26. The molecule has 12 heteroatoms. The normalized spacial score (nSPS) is 13.8. The van der Waals surface area contributed by atoms with Crippen molar-refractivity contribution < 1.29 is 14.3 Å². The number of hydrogen-bond acceptors (Lipinski definition) is 8. The summed E-state index contributed by atoms with van der Waals surface area (Å²) in [7, 11) is 1.59. The fourth-order valence-corrected chi connectivity index (χ4v) is 5.33. The first-order valence-corrected chi connectivity index (χ1v) is 14.3. The van der Waals surface area contributed by atoms with Crippen LogP contribution in [0.4, 0.5) is 21.9 Å². The van der Waals surface area contributed by atoms with Crippen LogP contribution in [0.1, 0.15) is 32.0 Å². The molecule has 2 N–H and O–H groups in total. The number of benzene rings is 2. The Morgan fingerprint density at radius 2 is 1.76 bits per heavy atom. The number of anilines is 3. The van der Waals surface area contributed by atoms with Crippen LogP contribution in [-0.2, 0) is 11.2 Å². The molecule has 5 rings (SSSR count). The van der Waals surface area contributed by atoms with E-state index in [0.29, 0.717) is 76.5 Å². The lowest BCUT2D eigenvalue weighted by Gasteiger charge is -2.37. The van der Waals surface area contributed by atoms with Crippen molar-refractivity contribution in [3.8, 4) is 5.75 Å². The van der Waals surface area contributed by atoms with Gasteiger partial charge in [-0.1, -0.05) is 29.3 Å². The van der Waals surface area contributed by atoms with Gasteiger partial charge >= 0.3 is 6.09 Å². The number of nitrogens with zero attached hydrogens (tertiary/aromatic N) is 4. The third-order valence-corrected chi connectivity index (χ3v) is 7.54. The standard InChI is InChI=1S/C30H32Cl2N6O4/c1-30(2,3)42-29(40)38-12-10-37(11-13-38)19-8-9-23(25(16-19)41-4)36-24-15-18(14-20-21(31)6-5-7-22(20)32)35-27-26(24)28(39)34-17-33-27/h5-9,15-17H,10-14H2,1-4H3,(H2,33,34,35,36,39). The average molecular weight is 612 g/mol. The molecule has 1 aliphatic rings. The summed E-state index contributed by atoms with van der Waals surface area (Å²) in [6.45, 7) is 7.99. The number of carbonyl (C=O) groups excluding carboxylic acids is 1. The zero-order valence-electron chi connectivity index (χ0n) is 23.8. The fourth-order valence-electron chi connectivity index (χ4n) is 4.80. The van der Waals surface area contributed by atoms with E-state index in [-0.39, 0.29) is 11.7 Å². The number of carbonyl (C=O) groups is 1. The van der Waals surface area contributed by atoms with E-state index in [0.717, 1.165) is 11.3 Å². The lowest BCUT2D eigenvalue weighted by molar-refractivity contribution is 0.0240. The second-order valence-electron chi connectivity index (χ2n) is 10.9. The summed E-state index contributed by atoms with van der Waals surface area (Å²) in [5, 5.41) is 4.73. The van der Waals surface area contributed by atoms with E-state index in [1.54, 1.807) is 36.3 Å². The van der Waals surface area contributed by atoms with Gasteiger partial charge in [-0.3, -0.25) is 4.79 Å². The second kappa shape index (κ2) is 12.1. The third kappa shape index (κ3) is 6.55. The van der Waals surface area contributed by atoms with Gasteiger partial charge < -0.3 is 29.6 Å². The average Bonchev–Trinajstić information content (AvgIpc) is 2.94. The highest BCUT2D eigenvalue weighted by atomic mass is 35.5. The topological polar surface area (TPSA) is 113 Å². The Labute approximate surface area is 253 Å². The number of nitrogens with one attached hydrogen (secondary N) is 2. The van der Waals surface area contributed by atoms with Gasteiger partial charge in [0.15, 0.2) is 5.65 Å². The molecular weight excluding hydrogens is 579 g/mol. The lowest BCUT2D eigenvalue weighted by Crippen LogP contribution is -2.50. The predicted octanol–water partition coefficient (Wildman–Crippen LogP) is 6.03. The van der Waals surface area contributed by atoms with Crippen molar-refractivity contribution in [3.63, 3.8) is 0 Å². The Hall–Kier alpha value is -4.02. The molecule has 0 atom stereocenters. The molecule has 4 aromatic rings. The molecule has 2 aromatic carbocycles. The van der Waals surface area contributed by atoms with Crippen LogP contribution in [0.15, 0.2) is 53.6 Å². The van der Waals surface area contributed by atoms with Crippen LogP contribution >= 0.6 is 23.2 Å². The number of fused-ring (bicyclic) bond motifs is 1. The number of piperazine rings is 1. The first-order chi connectivity index (χ1) is 20.0. The van der Waals surface area contributed by atoms with Gasteiger partial charge in [0.2, 0.25) is 0 Å². The van der Waals surface area contributed by atoms with Gasteiger partial charge in [0, 0.05) is 60.1 Å². The van der Waals surface area contributed by atoms with E-state index in [1.165, 1.54) is 6.33 Å². The minimum absolute atomic E-state index is 0.292. The molecule has 1 aliphatic heterocycles. The molecule has 10 nitrogen and oxygen atoms in total. The van der Waals surface area contributed by atoms with Gasteiger partial charge in [-0.15, -0.1) is 0 Å². The molecule has 0 bridgehead atoms. The molecule has 0 saturated carbocycles. The Morgan fingerprint density at radius 3 is 2.43 bits per heavy atom. The SMILES string of the molecule is COc1cc(N2CCN(C(=O)OC(C)(C)C)CC2)ccc1Nc1cc(Cc2c(Cl)cccc2Cl)nc2nc[nH]c(=O)c12. The van der Waals surface area contributed by atoms with Gasteiger partial charge in [-0.25, -0.2) is 14.8 Å². The maximum Gasteiger partial charge on any atom is 0.410 e. The number of H-pyrrole nitrogens is 1. The molecule has 0 unspecified atom stereocenters. The van der Waals surface area contributed by atoms with Crippen LogP contribution in [0.25, 0.3) is 11.0 Å². The quantitative estimate of drug-likeness (QED) is 0.272. The van der Waals surface area contributed by atoms with Gasteiger partial charge in [-0.2, -0.15) is 0 Å². The van der Waals surface area contributed by atoms with Gasteiger partial charge in [0.1, 0.15) is 16.7 Å². The second-order valence-corrected chi connectivity index (χ2v) is 11.7. The number of aromatic nitrogens is 3. The highest BCUT2D eigenvalue weighted by Crippen LogP contribution is 2.35. The Balaban J connectivity index is 1.40. The molecule has 220 valence electrons. The number of methoxy groups -OCH3 is 1. The maximum atomic E-state index is 12.8. The summed E-state index contributed by atoms with van der Waals surface area (Å²) in [6.07, 6.45) is 1.37. The predicted molar refractivity (Wildman–Crippen MR) is 166 cm³/mol. The molecule has 1 saturated heterocycles. The van der Waals surface area contributed by atoms with Crippen LogP contribution in [-0.4, -0.2) is 64.8 Å². The number of amides is 1. The smallest absolute Gasteiger partial charge is 0.410 e. The van der Waals surface area contributed by atoms with Crippen LogP contribution in [0.5, 0.6) is 5.75 Å². The highest BCUT2D eigenvalue weighted by molar-refractivity contribution is 6.36. The Bertz CT molecular complexity index is 1660. The number of rotatable bonds is 6. The summed E-state index contributed by atoms with van der Waals surface area (Å²) in [5.74, 6) is 0.586. The van der Waals surface area contributed by atoms with Crippen molar-refractivity contribution in [1.29, 1.82) is 0 Å². The van der Waals surface area contributed by atoms with Crippen molar-refractivity contribution in [2.45, 2.75) is 32.8 Å². The monoisotopic (exact) mass is 610 g/mol. The van der Waals surface area contributed by atoms with Gasteiger partial charge in [0.05, 0.1) is 24.8 Å². The summed E-state index contributed by atoms with van der Waals surface area (Å²) in [5.41, 5.74) is 2.93. The zero-order chi connectivity index (χ0) is 30.0. The largest absolute Gasteiger partial charge is 0.494 e. The van der Waals surface area contributed by atoms with Crippen LogP contribution in [0, 0.1) is 0 Å². The van der Waals surface area contributed by atoms with Gasteiger partial charge in [0.25, 0.3) is 5.56 Å². The van der Waals surface area contributed by atoms with E-state index < -0.39 is 5.60 Å². The molecule has 42 heavy (non-hydrogen) atoms. The number of halogens is 2. The molecule has 1 amide bonds. The van der Waals surface area contributed by atoms with Crippen LogP contribution < -0.4 is 20.5 Å². The van der Waals surface area contributed by atoms with E-state index in [2.05, 4.69) is 25.2 Å². The summed E-state index contributed by atoms with van der Waals surface area (Å²) >= 11 is 12.8. The Kier molecular flexibility index (Phi) is 8.47. The van der Waals surface area contributed by atoms with Crippen molar-refractivity contribution in [3.05, 3.63) is 80.4 Å². The van der Waals surface area contributed by atoms with Crippen molar-refractivity contribution in [2.24, 2.45) is 0 Å². The molecule has 0 spiro atoms. The number of hydrogen-bond donors (Lipinski definition) is 2. The van der Waals surface area contributed by atoms with Gasteiger partial charge in [-0.05, 0) is 56.7 Å². The summed E-state index contributed by atoms with van der Waals surface area (Å²) in [6, 6.07) is 12.9.